The van der Waals surface area contributed by atoms with Gasteiger partial charge in [0.2, 0.25) is 5.91 Å². The number of carbonyl (C=O) groups is 1. The molecule has 0 spiro atoms. The fraction of sp³-hybridized carbons (Fsp3) is 0.889. The van der Waals surface area contributed by atoms with E-state index in [1.54, 1.807) is 0 Å². The summed E-state index contributed by atoms with van der Waals surface area (Å²) in [6.45, 7) is 0. The standard InChI is InChI=1S/C9H18N2OS/c10-8(6-13)9(12)11-7-4-2-1-3-5-7/h7-8,13H,1-6,10H2,(H,11,12). The van der Waals surface area contributed by atoms with Crippen LogP contribution in [0.15, 0.2) is 0 Å². The molecule has 0 bridgehead atoms. The highest BCUT2D eigenvalue weighted by Crippen LogP contribution is 2.17. The molecular weight excluding hydrogens is 184 g/mol. The lowest BCUT2D eigenvalue weighted by Crippen LogP contribution is -2.46. The molecule has 76 valence electrons. The summed E-state index contributed by atoms with van der Waals surface area (Å²) in [4.78, 5) is 11.4. The van der Waals surface area contributed by atoms with E-state index in [1.165, 1.54) is 19.3 Å². The Bertz CT molecular complexity index is 169. The van der Waals surface area contributed by atoms with Crippen LogP contribution in [0, 0.1) is 0 Å². The van der Waals surface area contributed by atoms with Crippen molar-refractivity contribution in [2.45, 2.75) is 44.2 Å². The molecule has 0 saturated heterocycles. The molecule has 13 heavy (non-hydrogen) atoms. The van der Waals surface area contributed by atoms with Crippen LogP contribution < -0.4 is 11.1 Å². The van der Waals surface area contributed by atoms with E-state index in [2.05, 4.69) is 17.9 Å². The van der Waals surface area contributed by atoms with Crippen molar-refractivity contribution >= 4 is 18.5 Å². The number of nitrogens with one attached hydrogen (secondary N) is 1. The lowest BCUT2D eigenvalue weighted by molar-refractivity contribution is -0.122. The van der Waals surface area contributed by atoms with Crippen LogP contribution in [0.5, 0.6) is 0 Å². The van der Waals surface area contributed by atoms with Crippen molar-refractivity contribution in [3.05, 3.63) is 0 Å². The maximum atomic E-state index is 11.4. The summed E-state index contributed by atoms with van der Waals surface area (Å²) in [5.74, 6) is 0.361. The van der Waals surface area contributed by atoms with Gasteiger partial charge in [-0.1, -0.05) is 19.3 Å². The second-order valence-corrected chi connectivity index (χ2v) is 4.00. The van der Waals surface area contributed by atoms with Gasteiger partial charge in [-0.05, 0) is 12.8 Å². The summed E-state index contributed by atoms with van der Waals surface area (Å²) in [5.41, 5.74) is 5.55. The monoisotopic (exact) mass is 202 g/mol. The highest BCUT2D eigenvalue weighted by atomic mass is 32.1. The van der Waals surface area contributed by atoms with Gasteiger partial charge in [-0.15, -0.1) is 0 Å². The van der Waals surface area contributed by atoms with Crippen LogP contribution in [-0.2, 0) is 4.79 Å². The van der Waals surface area contributed by atoms with Crippen molar-refractivity contribution in [1.29, 1.82) is 0 Å². The molecule has 1 fully saturated rings. The van der Waals surface area contributed by atoms with Crippen molar-refractivity contribution in [2.75, 3.05) is 5.75 Å². The first-order chi connectivity index (χ1) is 6.24. The van der Waals surface area contributed by atoms with E-state index in [1.807, 2.05) is 0 Å². The van der Waals surface area contributed by atoms with Crippen molar-refractivity contribution in [3.63, 3.8) is 0 Å². The van der Waals surface area contributed by atoms with Crippen LogP contribution in [-0.4, -0.2) is 23.7 Å². The van der Waals surface area contributed by atoms with Crippen LogP contribution >= 0.6 is 12.6 Å². The fourth-order valence-corrected chi connectivity index (χ4v) is 1.80. The number of carbonyl (C=O) groups excluding carboxylic acids is 1. The lowest BCUT2D eigenvalue weighted by atomic mass is 9.95. The molecule has 0 aromatic rings. The van der Waals surface area contributed by atoms with Gasteiger partial charge in [-0.2, -0.15) is 12.6 Å². The van der Waals surface area contributed by atoms with Crippen molar-refractivity contribution in [1.82, 2.24) is 5.32 Å². The molecule has 1 aliphatic carbocycles. The quantitative estimate of drug-likeness (QED) is 0.590. The maximum Gasteiger partial charge on any atom is 0.237 e. The van der Waals surface area contributed by atoms with Gasteiger partial charge in [0.15, 0.2) is 0 Å². The van der Waals surface area contributed by atoms with Gasteiger partial charge in [0, 0.05) is 11.8 Å². The smallest absolute Gasteiger partial charge is 0.237 e. The molecule has 1 saturated carbocycles. The maximum absolute atomic E-state index is 11.4. The van der Waals surface area contributed by atoms with Gasteiger partial charge in [0.25, 0.3) is 0 Å². The Hall–Kier alpha value is -0.220. The van der Waals surface area contributed by atoms with Crippen LogP contribution in [0.4, 0.5) is 0 Å². The number of rotatable bonds is 3. The second-order valence-electron chi connectivity index (χ2n) is 3.63. The summed E-state index contributed by atoms with van der Waals surface area (Å²) in [6, 6.07) is -0.0996. The lowest BCUT2D eigenvalue weighted by Gasteiger charge is -2.23. The van der Waals surface area contributed by atoms with E-state index in [9.17, 15) is 4.79 Å². The fourth-order valence-electron chi connectivity index (χ4n) is 1.64. The molecule has 3 nitrogen and oxygen atoms in total. The first-order valence-corrected chi connectivity index (χ1v) is 5.54. The Labute approximate surface area is 84.9 Å². The molecule has 0 aliphatic heterocycles. The van der Waals surface area contributed by atoms with Crippen molar-refractivity contribution in [3.8, 4) is 0 Å². The molecule has 1 unspecified atom stereocenters. The van der Waals surface area contributed by atoms with E-state index in [4.69, 9.17) is 5.73 Å². The third-order valence-electron chi connectivity index (χ3n) is 2.49. The zero-order valence-electron chi connectivity index (χ0n) is 7.83. The highest BCUT2D eigenvalue weighted by molar-refractivity contribution is 7.80. The predicted molar refractivity (Wildman–Crippen MR) is 56.8 cm³/mol. The van der Waals surface area contributed by atoms with Gasteiger partial charge in [0.05, 0.1) is 6.04 Å². The van der Waals surface area contributed by atoms with Gasteiger partial charge in [-0.3, -0.25) is 4.79 Å². The number of thiol groups is 1. The predicted octanol–water partition coefficient (Wildman–Crippen LogP) is 0.692. The van der Waals surface area contributed by atoms with E-state index in [0.717, 1.165) is 12.8 Å². The number of hydrogen-bond donors (Lipinski definition) is 3. The average Bonchev–Trinajstić information content (AvgIpc) is 2.18. The molecule has 1 amide bonds. The van der Waals surface area contributed by atoms with Gasteiger partial charge in [0.1, 0.15) is 0 Å². The van der Waals surface area contributed by atoms with Crippen LogP contribution in [0.3, 0.4) is 0 Å². The topological polar surface area (TPSA) is 55.1 Å². The molecule has 1 rings (SSSR count). The van der Waals surface area contributed by atoms with E-state index in [-0.39, 0.29) is 5.91 Å². The zero-order chi connectivity index (χ0) is 9.68. The average molecular weight is 202 g/mol. The van der Waals surface area contributed by atoms with Crippen molar-refractivity contribution in [2.24, 2.45) is 5.73 Å². The zero-order valence-corrected chi connectivity index (χ0v) is 8.72. The first-order valence-electron chi connectivity index (χ1n) is 4.91. The molecule has 3 N–H and O–H groups in total. The summed E-state index contributed by atoms with van der Waals surface area (Å²) in [5, 5.41) is 2.96. The van der Waals surface area contributed by atoms with Gasteiger partial charge in [-0.25, -0.2) is 0 Å². The van der Waals surface area contributed by atoms with Gasteiger partial charge < -0.3 is 11.1 Å². The van der Waals surface area contributed by atoms with Crippen LogP contribution in [0.1, 0.15) is 32.1 Å². The third-order valence-corrected chi connectivity index (χ3v) is 2.88. The third kappa shape index (κ3) is 3.56. The Kier molecular flexibility index (Phi) is 4.59. The number of amides is 1. The molecule has 0 heterocycles. The van der Waals surface area contributed by atoms with E-state index in [0.29, 0.717) is 11.8 Å². The number of hydrogen-bond acceptors (Lipinski definition) is 3. The first kappa shape index (κ1) is 10.9. The molecule has 0 radical (unpaired) electrons. The largest absolute Gasteiger partial charge is 0.352 e. The van der Waals surface area contributed by atoms with Gasteiger partial charge >= 0.3 is 0 Å². The van der Waals surface area contributed by atoms with Crippen molar-refractivity contribution < 1.29 is 4.79 Å². The molecule has 4 heteroatoms. The molecule has 1 aliphatic rings. The minimum atomic E-state index is -0.453. The summed E-state index contributed by atoms with van der Waals surface area (Å²) in [7, 11) is 0. The Balaban J connectivity index is 2.26. The van der Waals surface area contributed by atoms with Crippen LogP contribution in [0.25, 0.3) is 0 Å². The molecule has 0 aromatic carbocycles. The number of nitrogens with two attached hydrogens (primary N) is 1. The summed E-state index contributed by atoms with van der Waals surface area (Å²) >= 11 is 3.99. The SMILES string of the molecule is NC(CS)C(=O)NC1CCCCC1. The molecule has 0 aromatic heterocycles. The molecular formula is C9H18N2OS. The Morgan fingerprint density at radius 3 is 2.62 bits per heavy atom. The van der Waals surface area contributed by atoms with E-state index >= 15 is 0 Å². The second kappa shape index (κ2) is 5.50. The molecule has 1 atom stereocenters. The normalized spacial score (nSPS) is 21.1. The minimum absolute atomic E-state index is 0.0538. The summed E-state index contributed by atoms with van der Waals surface area (Å²) < 4.78 is 0. The highest BCUT2D eigenvalue weighted by Gasteiger charge is 2.18. The van der Waals surface area contributed by atoms with Crippen LogP contribution in [0.2, 0.25) is 0 Å². The summed E-state index contributed by atoms with van der Waals surface area (Å²) in [6.07, 6.45) is 5.95. The Morgan fingerprint density at radius 2 is 2.08 bits per heavy atom. The minimum Gasteiger partial charge on any atom is -0.352 e. The van der Waals surface area contributed by atoms with E-state index < -0.39 is 6.04 Å². The Morgan fingerprint density at radius 1 is 1.46 bits per heavy atom.